The number of nitrogen functional groups attached to an aromatic ring is 1. The maximum atomic E-state index is 12.3. The Kier molecular flexibility index (Phi) is 4.45. The van der Waals surface area contributed by atoms with Crippen molar-refractivity contribution in [3.05, 3.63) is 23.5 Å². The largest absolute Gasteiger partial charge is 0.397 e. The molecule has 1 amide bonds. The Hall–Kier alpha value is -1.62. The average molecular weight is 237 g/mol. The lowest BCUT2D eigenvalue weighted by Crippen LogP contribution is -2.39. The highest BCUT2D eigenvalue weighted by atomic mass is 16.3. The second kappa shape index (κ2) is 5.63. The molecule has 17 heavy (non-hydrogen) atoms. The van der Waals surface area contributed by atoms with Crippen LogP contribution in [0.15, 0.2) is 12.3 Å². The Bertz CT molecular complexity index is 405. The third-order valence-corrected chi connectivity index (χ3v) is 2.56. The molecule has 5 heteroatoms. The number of aliphatic hydroxyl groups excluding tert-OH is 1. The van der Waals surface area contributed by atoms with E-state index in [1.54, 1.807) is 17.9 Å². The van der Waals surface area contributed by atoms with E-state index in [2.05, 4.69) is 4.98 Å². The summed E-state index contributed by atoms with van der Waals surface area (Å²) in [6, 6.07) is 1.65. The quantitative estimate of drug-likeness (QED) is 0.812. The van der Waals surface area contributed by atoms with Crippen molar-refractivity contribution in [1.29, 1.82) is 0 Å². The summed E-state index contributed by atoms with van der Waals surface area (Å²) >= 11 is 0. The van der Waals surface area contributed by atoms with Crippen LogP contribution < -0.4 is 5.73 Å². The van der Waals surface area contributed by atoms with Gasteiger partial charge in [0.05, 0.1) is 29.7 Å². The van der Waals surface area contributed by atoms with E-state index in [9.17, 15) is 4.79 Å². The molecule has 0 radical (unpaired) electrons. The molecule has 0 aliphatic rings. The highest BCUT2D eigenvalue weighted by molar-refractivity contribution is 5.96. The molecule has 0 aliphatic carbocycles. The van der Waals surface area contributed by atoms with Gasteiger partial charge >= 0.3 is 0 Å². The van der Waals surface area contributed by atoms with Gasteiger partial charge in [-0.05, 0) is 26.8 Å². The predicted octanol–water partition coefficient (Wildman–Crippen LogP) is 0.815. The van der Waals surface area contributed by atoms with Crippen LogP contribution in [0.3, 0.4) is 0 Å². The van der Waals surface area contributed by atoms with Crippen LogP contribution >= 0.6 is 0 Å². The van der Waals surface area contributed by atoms with E-state index < -0.39 is 0 Å². The molecule has 0 unspecified atom stereocenters. The summed E-state index contributed by atoms with van der Waals surface area (Å²) in [6.07, 6.45) is 1.53. The van der Waals surface area contributed by atoms with Crippen molar-refractivity contribution in [3.8, 4) is 0 Å². The van der Waals surface area contributed by atoms with Crippen LogP contribution in [0.25, 0.3) is 0 Å². The molecule has 3 N–H and O–H groups in total. The van der Waals surface area contributed by atoms with Gasteiger partial charge in [-0.15, -0.1) is 0 Å². The van der Waals surface area contributed by atoms with Gasteiger partial charge in [-0.1, -0.05) is 0 Å². The number of aliphatic hydroxyl groups is 1. The van der Waals surface area contributed by atoms with Crippen LogP contribution in [0.1, 0.15) is 29.9 Å². The smallest absolute Gasteiger partial charge is 0.256 e. The summed E-state index contributed by atoms with van der Waals surface area (Å²) in [4.78, 5) is 17.9. The number of carbonyl (C=O) groups is 1. The normalized spacial score (nSPS) is 10.6. The second-order valence-corrected chi connectivity index (χ2v) is 4.22. The molecule has 1 aromatic heterocycles. The second-order valence-electron chi connectivity index (χ2n) is 4.22. The third kappa shape index (κ3) is 3.17. The SMILES string of the molecule is Cc1ncc(N)cc1C(=O)N(CCO)C(C)C. The number of amides is 1. The van der Waals surface area contributed by atoms with Gasteiger partial charge in [0.1, 0.15) is 0 Å². The Labute approximate surface area is 101 Å². The van der Waals surface area contributed by atoms with Crippen LogP contribution in [-0.2, 0) is 0 Å². The third-order valence-electron chi connectivity index (χ3n) is 2.56. The van der Waals surface area contributed by atoms with Gasteiger partial charge in [-0.2, -0.15) is 0 Å². The van der Waals surface area contributed by atoms with E-state index in [1.807, 2.05) is 13.8 Å². The number of nitrogens with zero attached hydrogens (tertiary/aromatic N) is 2. The number of rotatable bonds is 4. The first-order valence-electron chi connectivity index (χ1n) is 5.61. The number of anilines is 1. The lowest BCUT2D eigenvalue weighted by molar-refractivity contribution is 0.0664. The highest BCUT2D eigenvalue weighted by Crippen LogP contribution is 2.14. The zero-order valence-electron chi connectivity index (χ0n) is 10.5. The fraction of sp³-hybridized carbons (Fsp3) is 0.500. The van der Waals surface area contributed by atoms with Crippen molar-refractivity contribution < 1.29 is 9.90 Å². The summed E-state index contributed by atoms with van der Waals surface area (Å²) in [7, 11) is 0. The topological polar surface area (TPSA) is 79.5 Å². The molecule has 5 nitrogen and oxygen atoms in total. The first-order valence-corrected chi connectivity index (χ1v) is 5.61. The maximum absolute atomic E-state index is 12.3. The predicted molar refractivity (Wildman–Crippen MR) is 66.6 cm³/mol. The van der Waals surface area contributed by atoms with Crippen LogP contribution in [0.2, 0.25) is 0 Å². The summed E-state index contributed by atoms with van der Waals surface area (Å²) in [5, 5.41) is 8.97. The number of aromatic nitrogens is 1. The van der Waals surface area contributed by atoms with Crippen LogP contribution in [0.5, 0.6) is 0 Å². The van der Waals surface area contributed by atoms with Crippen LogP contribution in [0, 0.1) is 6.92 Å². The van der Waals surface area contributed by atoms with E-state index >= 15 is 0 Å². The minimum absolute atomic E-state index is 0.0236. The van der Waals surface area contributed by atoms with E-state index in [0.29, 0.717) is 23.5 Å². The molecule has 0 fully saturated rings. The summed E-state index contributed by atoms with van der Waals surface area (Å²) < 4.78 is 0. The van der Waals surface area contributed by atoms with Gasteiger partial charge < -0.3 is 15.7 Å². The van der Waals surface area contributed by atoms with E-state index in [1.165, 1.54) is 6.20 Å². The van der Waals surface area contributed by atoms with Crippen molar-refractivity contribution in [2.45, 2.75) is 26.8 Å². The summed E-state index contributed by atoms with van der Waals surface area (Å²) in [5.41, 5.74) is 7.24. The number of hydrogen-bond donors (Lipinski definition) is 2. The summed E-state index contributed by atoms with van der Waals surface area (Å²) in [5.74, 6) is -0.147. The lowest BCUT2D eigenvalue weighted by atomic mass is 10.1. The summed E-state index contributed by atoms with van der Waals surface area (Å²) in [6.45, 7) is 5.83. The molecule has 1 rings (SSSR count). The van der Waals surface area contributed by atoms with Crippen molar-refractivity contribution in [2.24, 2.45) is 0 Å². The molecule has 94 valence electrons. The first kappa shape index (κ1) is 13.4. The Morgan fingerprint density at radius 1 is 1.59 bits per heavy atom. The highest BCUT2D eigenvalue weighted by Gasteiger charge is 2.20. The average Bonchev–Trinajstić information content (AvgIpc) is 2.28. The van der Waals surface area contributed by atoms with E-state index in [4.69, 9.17) is 10.8 Å². The van der Waals surface area contributed by atoms with Crippen LogP contribution in [-0.4, -0.2) is 40.1 Å². The standard InChI is InChI=1S/C12H19N3O2/c1-8(2)15(4-5-16)12(17)11-6-10(13)7-14-9(11)3/h6-8,16H,4-5,13H2,1-3H3. The van der Waals surface area contributed by atoms with E-state index in [-0.39, 0.29) is 18.6 Å². The Balaban J connectivity index is 3.04. The fourth-order valence-corrected chi connectivity index (χ4v) is 1.62. The van der Waals surface area contributed by atoms with Crippen molar-refractivity contribution in [1.82, 2.24) is 9.88 Å². The minimum atomic E-state index is -0.147. The van der Waals surface area contributed by atoms with Gasteiger partial charge in [-0.3, -0.25) is 9.78 Å². The molecule has 0 bridgehead atoms. The molecule has 0 aromatic carbocycles. The number of carbonyl (C=O) groups excluding carboxylic acids is 1. The molecule has 1 heterocycles. The monoisotopic (exact) mass is 237 g/mol. The lowest BCUT2D eigenvalue weighted by Gasteiger charge is -2.26. The van der Waals surface area contributed by atoms with Crippen molar-refractivity contribution >= 4 is 11.6 Å². The van der Waals surface area contributed by atoms with Gasteiger partial charge in [0, 0.05) is 12.6 Å². The molecule has 1 aromatic rings. The molecular weight excluding hydrogens is 218 g/mol. The Morgan fingerprint density at radius 2 is 2.24 bits per heavy atom. The molecule has 0 atom stereocenters. The van der Waals surface area contributed by atoms with Gasteiger partial charge in [0.15, 0.2) is 0 Å². The van der Waals surface area contributed by atoms with Gasteiger partial charge in [0.25, 0.3) is 5.91 Å². The number of aryl methyl sites for hydroxylation is 1. The molecule has 0 saturated carbocycles. The van der Waals surface area contributed by atoms with Crippen molar-refractivity contribution in [2.75, 3.05) is 18.9 Å². The van der Waals surface area contributed by atoms with Gasteiger partial charge in [-0.25, -0.2) is 0 Å². The number of hydrogen-bond acceptors (Lipinski definition) is 4. The van der Waals surface area contributed by atoms with Crippen molar-refractivity contribution in [3.63, 3.8) is 0 Å². The van der Waals surface area contributed by atoms with Gasteiger partial charge in [0.2, 0.25) is 0 Å². The molecule has 0 aliphatic heterocycles. The number of pyridine rings is 1. The first-order chi connectivity index (χ1) is 7.97. The molecule has 0 spiro atoms. The number of nitrogens with two attached hydrogens (primary N) is 1. The maximum Gasteiger partial charge on any atom is 0.256 e. The van der Waals surface area contributed by atoms with Crippen LogP contribution in [0.4, 0.5) is 5.69 Å². The zero-order chi connectivity index (χ0) is 13.0. The Morgan fingerprint density at radius 3 is 2.76 bits per heavy atom. The zero-order valence-corrected chi connectivity index (χ0v) is 10.5. The molecular formula is C12H19N3O2. The molecule has 0 saturated heterocycles. The minimum Gasteiger partial charge on any atom is -0.397 e. The fourth-order valence-electron chi connectivity index (χ4n) is 1.62. The van der Waals surface area contributed by atoms with E-state index in [0.717, 1.165) is 0 Å².